The molecule has 1 unspecified atom stereocenters. The van der Waals surface area contributed by atoms with Crippen LogP contribution in [0.3, 0.4) is 0 Å². The first-order valence-electron chi connectivity index (χ1n) is 14.9. The first-order chi connectivity index (χ1) is 23.3. The zero-order chi connectivity index (χ0) is 35.9. The number of amides is 2. The summed E-state index contributed by atoms with van der Waals surface area (Å²) in [5, 5.41) is 15.3. The molecule has 0 aliphatic carbocycles. The predicted molar refractivity (Wildman–Crippen MR) is 190 cm³/mol. The number of methoxy groups -OCH3 is 1. The van der Waals surface area contributed by atoms with Crippen LogP contribution in [0, 0.1) is 17.0 Å². The van der Waals surface area contributed by atoms with Crippen LogP contribution < -0.4 is 14.4 Å². The lowest BCUT2D eigenvalue weighted by Gasteiger charge is -2.34. The van der Waals surface area contributed by atoms with E-state index in [4.69, 9.17) is 39.5 Å². The molecule has 0 aromatic heterocycles. The fourth-order valence-corrected chi connectivity index (χ4v) is 7.20. The average molecular weight is 748 g/mol. The van der Waals surface area contributed by atoms with E-state index >= 15 is 0 Å². The number of aryl methyl sites for hydroxylation is 1. The van der Waals surface area contributed by atoms with Crippen LogP contribution in [0.25, 0.3) is 0 Å². The highest BCUT2D eigenvalue weighted by Crippen LogP contribution is 2.36. The Hall–Kier alpha value is -4.36. The first kappa shape index (κ1) is 37.5. The highest BCUT2D eigenvalue weighted by Gasteiger charge is 2.36. The zero-order valence-electron chi connectivity index (χ0n) is 26.7. The van der Waals surface area contributed by atoms with Gasteiger partial charge in [0.05, 0.1) is 22.6 Å². The number of benzene rings is 4. The van der Waals surface area contributed by atoms with Crippen molar-refractivity contribution in [3.8, 4) is 5.75 Å². The van der Waals surface area contributed by atoms with Gasteiger partial charge in [-0.15, -0.1) is 0 Å². The smallest absolute Gasteiger partial charge is 0.273 e. The number of nitro groups is 1. The SMILES string of the molecule is CCNC(=O)C(Cc1ccccc1)N(Cc1ccc(Cl)cc1Cl)C(=O)CN(c1cc(Cl)ccc1OC)S(=O)(=O)c1ccc(C)c([N+](=O)[O-])c1. The van der Waals surface area contributed by atoms with E-state index in [0.29, 0.717) is 10.6 Å². The van der Waals surface area contributed by atoms with Crippen LogP contribution in [0.1, 0.15) is 23.6 Å². The number of nitro benzene ring substituents is 1. The fourth-order valence-electron chi connectivity index (χ4n) is 5.12. The molecule has 0 saturated carbocycles. The number of halogens is 3. The number of anilines is 1. The van der Waals surface area contributed by atoms with Crippen LogP contribution in [-0.2, 0) is 32.6 Å². The lowest BCUT2D eigenvalue weighted by Crippen LogP contribution is -2.53. The lowest BCUT2D eigenvalue weighted by atomic mass is 10.0. The quantitative estimate of drug-likeness (QED) is 0.110. The number of carbonyl (C=O) groups is 2. The molecule has 0 bridgehead atoms. The minimum absolute atomic E-state index is 0.0549. The molecule has 0 heterocycles. The van der Waals surface area contributed by atoms with Gasteiger partial charge in [-0.1, -0.05) is 77.3 Å². The number of hydrogen-bond donors (Lipinski definition) is 1. The number of likely N-dealkylation sites (N-methyl/N-ethyl adjacent to an activating group) is 1. The number of carbonyl (C=O) groups excluding carboxylic acids is 2. The Morgan fingerprint density at radius 2 is 1.63 bits per heavy atom. The molecule has 0 radical (unpaired) electrons. The Balaban J connectivity index is 1.90. The first-order valence-corrected chi connectivity index (χ1v) is 17.5. The summed E-state index contributed by atoms with van der Waals surface area (Å²) < 4.78 is 35.1. The zero-order valence-corrected chi connectivity index (χ0v) is 29.8. The summed E-state index contributed by atoms with van der Waals surface area (Å²) in [6.45, 7) is 2.43. The van der Waals surface area contributed by atoms with E-state index in [2.05, 4.69) is 5.32 Å². The van der Waals surface area contributed by atoms with E-state index < -0.39 is 49.9 Å². The second-order valence-corrected chi connectivity index (χ2v) is 14.0. The van der Waals surface area contributed by atoms with Crippen LogP contribution in [-0.4, -0.2) is 56.3 Å². The van der Waals surface area contributed by atoms with Gasteiger partial charge in [0.15, 0.2) is 0 Å². The van der Waals surface area contributed by atoms with E-state index in [0.717, 1.165) is 15.9 Å². The molecule has 4 aromatic rings. The number of rotatable bonds is 14. The molecule has 0 fully saturated rings. The van der Waals surface area contributed by atoms with Gasteiger partial charge in [-0.2, -0.15) is 0 Å². The highest BCUT2D eigenvalue weighted by molar-refractivity contribution is 7.92. The molecule has 0 saturated heterocycles. The summed E-state index contributed by atoms with van der Waals surface area (Å²) in [5.41, 5.74) is 0.901. The van der Waals surface area contributed by atoms with Crippen LogP contribution in [0.5, 0.6) is 5.75 Å². The average Bonchev–Trinajstić information content (AvgIpc) is 3.06. The molecular formula is C34H33Cl3N4O7S. The molecule has 4 aromatic carbocycles. The Labute approximate surface area is 299 Å². The van der Waals surface area contributed by atoms with Crippen molar-refractivity contribution in [1.29, 1.82) is 0 Å². The molecule has 1 N–H and O–H groups in total. The summed E-state index contributed by atoms with van der Waals surface area (Å²) in [6, 6.07) is 20.3. The van der Waals surface area contributed by atoms with Crippen LogP contribution in [0.4, 0.5) is 11.4 Å². The Bertz CT molecular complexity index is 1960. The molecule has 4 rings (SSSR count). The fraction of sp³-hybridized carbons (Fsp3) is 0.235. The molecule has 15 heteroatoms. The lowest BCUT2D eigenvalue weighted by molar-refractivity contribution is -0.385. The van der Waals surface area contributed by atoms with Gasteiger partial charge in [-0.25, -0.2) is 8.42 Å². The Morgan fingerprint density at radius 3 is 2.27 bits per heavy atom. The predicted octanol–water partition coefficient (Wildman–Crippen LogP) is 6.84. The molecule has 1 atom stereocenters. The topological polar surface area (TPSA) is 139 Å². The van der Waals surface area contributed by atoms with Crippen molar-refractivity contribution in [2.24, 2.45) is 0 Å². The highest BCUT2D eigenvalue weighted by atomic mass is 35.5. The molecule has 49 heavy (non-hydrogen) atoms. The van der Waals surface area contributed by atoms with Gasteiger partial charge in [0, 0.05) is 46.2 Å². The van der Waals surface area contributed by atoms with E-state index in [9.17, 15) is 28.1 Å². The molecule has 0 aliphatic heterocycles. The number of hydrogen-bond acceptors (Lipinski definition) is 7. The third-order valence-corrected chi connectivity index (χ3v) is 10.2. The summed E-state index contributed by atoms with van der Waals surface area (Å²) >= 11 is 19.0. The van der Waals surface area contributed by atoms with Crippen molar-refractivity contribution in [3.05, 3.63) is 127 Å². The van der Waals surface area contributed by atoms with Crippen molar-refractivity contribution < 1.29 is 27.7 Å². The van der Waals surface area contributed by atoms with Crippen molar-refractivity contribution >= 4 is 68.0 Å². The molecule has 258 valence electrons. The van der Waals surface area contributed by atoms with E-state index in [-0.39, 0.29) is 46.6 Å². The summed E-state index contributed by atoms with van der Waals surface area (Å²) in [6.07, 6.45) is 0.0843. The van der Waals surface area contributed by atoms with Gasteiger partial charge in [-0.05, 0) is 61.4 Å². The van der Waals surface area contributed by atoms with Crippen molar-refractivity contribution in [1.82, 2.24) is 10.2 Å². The van der Waals surface area contributed by atoms with Gasteiger partial charge < -0.3 is 15.0 Å². The largest absolute Gasteiger partial charge is 0.495 e. The second-order valence-electron chi connectivity index (χ2n) is 10.9. The van der Waals surface area contributed by atoms with Crippen LogP contribution in [0.15, 0.2) is 89.8 Å². The number of ether oxygens (including phenoxy) is 1. The van der Waals surface area contributed by atoms with E-state index in [1.54, 1.807) is 31.2 Å². The van der Waals surface area contributed by atoms with Gasteiger partial charge in [0.1, 0.15) is 18.3 Å². The van der Waals surface area contributed by atoms with E-state index in [1.165, 1.54) is 55.3 Å². The monoisotopic (exact) mass is 746 g/mol. The van der Waals surface area contributed by atoms with E-state index in [1.807, 2.05) is 18.2 Å². The minimum Gasteiger partial charge on any atom is -0.495 e. The molecule has 2 amide bonds. The Kier molecular flexibility index (Phi) is 12.5. The molecule has 0 spiro atoms. The summed E-state index contributed by atoms with van der Waals surface area (Å²) in [7, 11) is -3.39. The van der Waals surface area contributed by atoms with Crippen LogP contribution >= 0.6 is 34.8 Å². The maximum absolute atomic E-state index is 14.6. The van der Waals surface area contributed by atoms with Crippen LogP contribution in [0.2, 0.25) is 15.1 Å². The number of nitrogens with zero attached hydrogens (tertiary/aromatic N) is 3. The summed E-state index contributed by atoms with van der Waals surface area (Å²) in [5.74, 6) is -1.21. The number of sulfonamides is 1. The van der Waals surface area contributed by atoms with Gasteiger partial charge in [0.25, 0.3) is 15.7 Å². The van der Waals surface area contributed by atoms with Gasteiger partial charge in [0.2, 0.25) is 11.8 Å². The van der Waals surface area contributed by atoms with Crippen molar-refractivity contribution in [2.45, 2.75) is 37.8 Å². The Morgan fingerprint density at radius 1 is 0.959 bits per heavy atom. The number of nitrogens with one attached hydrogen (secondary N) is 1. The maximum Gasteiger partial charge on any atom is 0.273 e. The van der Waals surface area contributed by atoms with Crippen molar-refractivity contribution in [3.63, 3.8) is 0 Å². The summed E-state index contributed by atoms with van der Waals surface area (Å²) in [4.78, 5) is 40.2. The molecule has 0 aliphatic rings. The normalized spacial score (nSPS) is 11.8. The third kappa shape index (κ3) is 9.01. The minimum atomic E-state index is -4.71. The molecular weight excluding hydrogens is 715 g/mol. The molecule has 11 nitrogen and oxygen atoms in total. The third-order valence-electron chi connectivity index (χ3n) is 7.63. The second kappa shape index (κ2) is 16.4. The van der Waals surface area contributed by atoms with Gasteiger partial charge in [-0.3, -0.25) is 24.0 Å². The standard InChI is InChI=1S/C34H33Cl3N4O7S/c1-4-38-34(43)31(16-23-8-6-5-7-9-23)39(20-24-11-12-25(35)17-28(24)37)33(42)21-40(30-18-26(36)13-15-32(30)48-3)49(46,47)27-14-10-22(2)29(19-27)41(44)45/h5-15,17-19,31H,4,16,20-21H2,1-3H3,(H,38,43). The van der Waals surface area contributed by atoms with Crippen molar-refractivity contribution in [2.75, 3.05) is 24.5 Å². The van der Waals surface area contributed by atoms with Gasteiger partial charge >= 0.3 is 0 Å². The maximum atomic E-state index is 14.6.